The van der Waals surface area contributed by atoms with Crippen molar-refractivity contribution in [2.24, 2.45) is 5.41 Å². The lowest BCUT2D eigenvalue weighted by molar-refractivity contribution is 0.563. The zero-order chi connectivity index (χ0) is 9.31. The molecule has 0 saturated heterocycles. The van der Waals surface area contributed by atoms with Crippen LogP contribution in [0.2, 0.25) is 0 Å². The molecule has 2 rings (SSSR count). The predicted molar refractivity (Wildman–Crippen MR) is 54.8 cm³/mol. The fraction of sp³-hybridized carbons (Fsp3) is 0.385. The smallest absolute Gasteiger partial charge is 0.0152 e. The molecule has 0 bridgehead atoms. The molecule has 2 radical (unpaired) electrons. The van der Waals surface area contributed by atoms with E-state index in [2.05, 4.69) is 50.3 Å². The van der Waals surface area contributed by atoms with Gasteiger partial charge in [-0.1, -0.05) is 38.2 Å². The Morgan fingerprint density at radius 3 is 1.77 bits per heavy atom. The van der Waals surface area contributed by atoms with Gasteiger partial charge in [0.1, 0.15) is 0 Å². The Hall–Kier alpha value is -1.04. The van der Waals surface area contributed by atoms with E-state index in [1.54, 1.807) is 0 Å². The number of hydrogen-bond donors (Lipinski definition) is 0. The minimum Gasteiger partial charge on any atom is -0.0798 e. The third-order valence-electron chi connectivity index (χ3n) is 2.74. The highest BCUT2D eigenvalue weighted by Gasteiger charge is 2.27. The molecule has 0 fully saturated rings. The van der Waals surface area contributed by atoms with Gasteiger partial charge in [0.05, 0.1) is 0 Å². The van der Waals surface area contributed by atoms with E-state index in [-0.39, 0.29) is 5.41 Å². The van der Waals surface area contributed by atoms with Crippen LogP contribution in [0.4, 0.5) is 0 Å². The Morgan fingerprint density at radius 2 is 1.46 bits per heavy atom. The molecule has 0 aliphatic heterocycles. The molecule has 0 aromatic rings. The number of hydrogen-bond acceptors (Lipinski definition) is 0. The van der Waals surface area contributed by atoms with Crippen LogP contribution in [-0.4, -0.2) is 0 Å². The Kier molecular flexibility index (Phi) is 1.99. The fourth-order valence-corrected chi connectivity index (χ4v) is 1.81. The summed E-state index contributed by atoms with van der Waals surface area (Å²) in [6, 6.07) is 0. The number of allylic oxidation sites excluding steroid dienone is 8. The third-order valence-corrected chi connectivity index (χ3v) is 2.74. The second-order valence-electron chi connectivity index (χ2n) is 4.02. The lowest BCUT2D eigenvalue weighted by Crippen LogP contribution is -2.14. The minimum absolute atomic E-state index is 0.0972. The summed E-state index contributed by atoms with van der Waals surface area (Å²) in [7, 11) is 0. The maximum Gasteiger partial charge on any atom is 0.0152 e. The average molecular weight is 170 g/mol. The van der Waals surface area contributed by atoms with Crippen molar-refractivity contribution in [3.05, 3.63) is 47.6 Å². The monoisotopic (exact) mass is 170 g/mol. The van der Waals surface area contributed by atoms with Gasteiger partial charge in [-0.2, -0.15) is 0 Å². The van der Waals surface area contributed by atoms with Crippen LogP contribution in [0.3, 0.4) is 0 Å². The molecule has 2 aliphatic carbocycles. The van der Waals surface area contributed by atoms with E-state index in [9.17, 15) is 0 Å². The summed E-state index contributed by atoms with van der Waals surface area (Å²) < 4.78 is 0. The molecule has 0 nitrogen and oxygen atoms in total. The van der Waals surface area contributed by atoms with Gasteiger partial charge in [-0.3, -0.25) is 0 Å². The summed E-state index contributed by atoms with van der Waals surface area (Å²) in [5.74, 6) is 0. The van der Waals surface area contributed by atoms with Crippen molar-refractivity contribution < 1.29 is 0 Å². The SMILES string of the molecule is CC(C)(C1=[C]CC=C1)C1=[C]CC=C1. The second-order valence-corrected chi connectivity index (χ2v) is 4.02. The van der Waals surface area contributed by atoms with Crippen LogP contribution in [0, 0.1) is 17.6 Å². The highest BCUT2D eigenvalue weighted by atomic mass is 14.3. The Balaban J connectivity index is 2.29. The third kappa shape index (κ3) is 1.41. The lowest BCUT2D eigenvalue weighted by atomic mass is 9.78. The normalized spacial score (nSPS) is 20.8. The molecule has 0 saturated carbocycles. The van der Waals surface area contributed by atoms with Gasteiger partial charge in [0.25, 0.3) is 0 Å². The van der Waals surface area contributed by atoms with Crippen molar-refractivity contribution in [3.63, 3.8) is 0 Å². The van der Waals surface area contributed by atoms with E-state index >= 15 is 0 Å². The molecule has 0 heteroatoms. The lowest BCUT2D eigenvalue weighted by Gasteiger charge is -2.25. The number of rotatable bonds is 2. The summed E-state index contributed by atoms with van der Waals surface area (Å²) in [5, 5.41) is 0. The molecule has 0 aromatic carbocycles. The van der Waals surface area contributed by atoms with Crippen LogP contribution < -0.4 is 0 Å². The van der Waals surface area contributed by atoms with E-state index in [0.29, 0.717) is 0 Å². The van der Waals surface area contributed by atoms with Gasteiger partial charge < -0.3 is 0 Å². The topological polar surface area (TPSA) is 0 Å². The zero-order valence-corrected chi connectivity index (χ0v) is 8.22. The molecular weight excluding hydrogens is 156 g/mol. The van der Waals surface area contributed by atoms with Crippen LogP contribution in [0.15, 0.2) is 35.5 Å². The van der Waals surface area contributed by atoms with Crippen LogP contribution in [0.5, 0.6) is 0 Å². The molecule has 0 heterocycles. The van der Waals surface area contributed by atoms with E-state index in [1.165, 1.54) is 11.1 Å². The molecule has 0 amide bonds. The summed E-state index contributed by atoms with van der Waals surface area (Å²) in [6.07, 6.45) is 17.4. The van der Waals surface area contributed by atoms with Crippen molar-refractivity contribution in [2.75, 3.05) is 0 Å². The van der Waals surface area contributed by atoms with Crippen LogP contribution >= 0.6 is 0 Å². The Bertz CT molecular complexity index is 290. The largest absolute Gasteiger partial charge is 0.0798 e. The minimum atomic E-state index is 0.0972. The van der Waals surface area contributed by atoms with Crippen LogP contribution in [0.25, 0.3) is 0 Å². The summed E-state index contributed by atoms with van der Waals surface area (Å²) in [4.78, 5) is 0. The highest BCUT2D eigenvalue weighted by molar-refractivity contribution is 5.41. The van der Waals surface area contributed by atoms with Gasteiger partial charge >= 0.3 is 0 Å². The average Bonchev–Trinajstić information content (AvgIpc) is 2.78. The highest BCUT2D eigenvalue weighted by Crippen LogP contribution is 2.39. The van der Waals surface area contributed by atoms with Crippen molar-refractivity contribution in [1.82, 2.24) is 0 Å². The summed E-state index contributed by atoms with van der Waals surface area (Å²) in [6.45, 7) is 4.48. The molecule has 0 atom stereocenters. The van der Waals surface area contributed by atoms with E-state index in [0.717, 1.165) is 12.8 Å². The van der Waals surface area contributed by atoms with Crippen molar-refractivity contribution in [3.8, 4) is 0 Å². The summed E-state index contributed by atoms with van der Waals surface area (Å²) >= 11 is 0. The maximum absolute atomic E-state index is 3.38. The molecule has 0 spiro atoms. The van der Waals surface area contributed by atoms with E-state index in [1.807, 2.05) is 0 Å². The van der Waals surface area contributed by atoms with Gasteiger partial charge in [0, 0.05) is 5.41 Å². The Labute approximate surface area is 80.3 Å². The first kappa shape index (κ1) is 8.55. The first-order valence-electron chi connectivity index (χ1n) is 4.77. The first-order chi connectivity index (χ1) is 6.21. The molecule has 13 heavy (non-hydrogen) atoms. The predicted octanol–water partition coefficient (Wildman–Crippen LogP) is 3.39. The second kappa shape index (κ2) is 3.02. The summed E-state index contributed by atoms with van der Waals surface area (Å²) in [5.41, 5.74) is 2.71. The van der Waals surface area contributed by atoms with Crippen molar-refractivity contribution in [1.29, 1.82) is 0 Å². The van der Waals surface area contributed by atoms with Crippen LogP contribution in [0.1, 0.15) is 26.7 Å². The van der Waals surface area contributed by atoms with Gasteiger partial charge in [-0.25, -0.2) is 0 Å². The molecule has 66 valence electrons. The van der Waals surface area contributed by atoms with Crippen molar-refractivity contribution >= 4 is 0 Å². The van der Waals surface area contributed by atoms with Crippen LogP contribution in [-0.2, 0) is 0 Å². The van der Waals surface area contributed by atoms with E-state index in [4.69, 9.17) is 0 Å². The van der Waals surface area contributed by atoms with Gasteiger partial charge in [-0.15, -0.1) is 0 Å². The van der Waals surface area contributed by atoms with Gasteiger partial charge in [0.15, 0.2) is 0 Å². The molecule has 0 aromatic heterocycles. The molecule has 0 unspecified atom stereocenters. The molecule has 0 N–H and O–H groups in total. The Morgan fingerprint density at radius 1 is 1.00 bits per heavy atom. The quantitative estimate of drug-likeness (QED) is 0.596. The standard InChI is InChI=1S/C13H14/c1-13(2,11-7-3-4-8-11)12-9-5-6-10-12/h3,5,7,9H,4,6H2,1-2H3. The van der Waals surface area contributed by atoms with Gasteiger partial charge in [0.2, 0.25) is 0 Å². The fourth-order valence-electron chi connectivity index (χ4n) is 1.81. The first-order valence-corrected chi connectivity index (χ1v) is 4.77. The van der Waals surface area contributed by atoms with Crippen molar-refractivity contribution in [2.45, 2.75) is 26.7 Å². The van der Waals surface area contributed by atoms with Gasteiger partial charge in [-0.05, 0) is 36.1 Å². The molecule has 2 aliphatic rings. The molecular formula is C13H14. The van der Waals surface area contributed by atoms with E-state index < -0.39 is 0 Å². The maximum atomic E-state index is 3.38. The zero-order valence-electron chi connectivity index (χ0n) is 8.22.